The van der Waals surface area contributed by atoms with Gasteiger partial charge in [-0.25, -0.2) is 0 Å². The van der Waals surface area contributed by atoms with Crippen molar-refractivity contribution in [1.29, 1.82) is 0 Å². The van der Waals surface area contributed by atoms with E-state index in [0.29, 0.717) is 6.54 Å². The lowest BCUT2D eigenvalue weighted by Crippen LogP contribution is -2.27. The number of carbonyl (C=O) groups excluding carboxylic acids is 1. The molecule has 1 saturated carbocycles. The van der Waals surface area contributed by atoms with Crippen LogP contribution < -0.4 is 5.32 Å². The molecule has 3 nitrogen and oxygen atoms in total. The second-order valence-electron chi connectivity index (χ2n) is 8.11. The molecule has 0 spiro atoms. The smallest absolute Gasteiger partial charge is 0.235 e. The summed E-state index contributed by atoms with van der Waals surface area (Å²) in [7, 11) is 0. The molecule has 146 valence electrons. The first-order valence-electron chi connectivity index (χ1n) is 10.3. The van der Waals surface area contributed by atoms with Crippen LogP contribution in [0.1, 0.15) is 29.5 Å². The monoisotopic (exact) mass is 408 g/mol. The van der Waals surface area contributed by atoms with Crippen LogP contribution >= 0.6 is 11.3 Å². The molecule has 1 aromatic heterocycles. The Morgan fingerprint density at radius 1 is 0.967 bits per heavy atom. The zero-order valence-corrected chi connectivity index (χ0v) is 17.2. The highest BCUT2D eigenvalue weighted by atomic mass is 32.1. The molecule has 1 fully saturated rings. The Balaban J connectivity index is 1.38. The molecule has 0 saturated heterocycles. The Morgan fingerprint density at radius 2 is 1.77 bits per heavy atom. The highest BCUT2D eigenvalue weighted by Crippen LogP contribution is 2.49. The summed E-state index contributed by atoms with van der Waals surface area (Å²) in [4.78, 5) is 19.0. The molecule has 4 aromatic rings. The summed E-state index contributed by atoms with van der Waals surface area (Å²) in [5.74, 6) is 0.0888. The molecule has 4 heteroatoms. The summed E-state index contributed by atoms with van der Waals surface area (Å²) in [6.07, 6.45) is 3.72. The van der Waals surface area contributed by atoms with E-state index in [4.69, 9.17) is 0 Å². The summed E-state index contributed by atoms with van der Waals surface area (Å²) >= 11 is 1.79. The van der Waals surface area contributed by atoms with Gasteiger partial charge in [-0.15, -0.1) is 11.3 Å². The molecule has 0 bridgehead atoms. The number of benzene rings is 3. The first-order valence-corrected chi connectivity index (χ1v) is 11.1. The number of hydrogen-bond donors (Lipinski definition) is 1. The molecule has 1 amide bonds. The Bertz CT molecular complexity index is 1280. The van der Waals surface area contributed by atoms with Crippen LogP contribution in [0.4, 0.5) is 5.69 Å². The predicted molar refractivity (Wildman–Crippen MR) is 125 cm³/mol. The summed E-state index contributed by atoms with van der Waals surface area (Å²) in [5.41, 5.74) is 5.09. The summed E-state index contributed by atoms with van der Waals surface area (Å²) < 4.78 is 1.27. The average molecular weight is 409 g/mol. The van der Waals surface area contributed by atoms with Gasteiger partial charge in [0.15, 0.2) is 0 Å². The lowest BCUT2D eigenvalue weighted by Gasteiger charge is -2.17. The fraction of sp³-hybridized carbons (Fsp3) is 0.154. The van der Waals surface area contributed by atoms with Gasteiger partial charge in [-0.1, -0.05) is 48.5 Å². The number of hydrogen-bond acceptors (Lipinski definition) is 3. The molecular weight excluding hydrogens is 388 g/mol. The van der Waals surface area contributed by atoms with Crippen molar-refractivity contribution >= 4 is 39.2 Å². The van der Waals surface area contributed by atoms with Gasteiger partial charge >= 0.3 is 0 Å². The highest BCUT2D eigenvalue weighted by Gasteiger charge is 2.51. The Morgan fingerprint density at radius 3 is 2.57 bits per heavy atom. The quantitative estimate of drug-likeness (QED) is 0.431. The third-order valence-electron chi connectivity index (χ3n) is 6.22. The zero-order chi connectivity index (χ0) is 20.1. The molecular formula is C26H20N2OS. The number of nitrogens with one attached hydrogen (secondary N) is 1. The fourth-order valence-corrected chi connectivity index (χ4v) is 5.51. The van der Waals surface area contributed by atoms with Gasteiger partial charge in [0.25, 0.3) is 0 Å². The van der Waals surface area contributed by atoms with E-state index in [1.54, 1.807) is 11.3 Å². The van der Waals surface area contributed by atoms with E-state index in [2.05, 4.69) is 64.9 Å². The predicted octanol–water partition coefficient (Wildman–Crippen LogP) is 6.17. The molecule has 2 aliphatic rings. The maximum atomic E-state index is 13.2. The van der Waals surface area contributed by atoms with Crippen LogP contribution in [0.2, 0.25) is 0 Å². The minimum absolute atomic E-state index is 0.0888. The van der Waals surface area contributed by atoms with E-state index in [-0.39, 0.29) is 11.3 Å². The molecule has 1 aliphatic carbocycles. The molecule has 0 atom stereocenters. The van der Waals surface area contributed by atoms with Crippen LogP contribution in [0.3, 0.4) is 0 Å². The SMILES string of the molecule is O=C(Nc1cc2c(c(-c3cc4ccccc4s3)c1)CN=C2)C1(c2ccccc2)CC1. The van der Waals surface area contributed by atoms with Crippen LogP contribution in [-0.2, 0) is 16.8 Å². The molecule has 2 heterocycles. The number of amides is 1. The van der Waals surface area contributed by atoms with E-state index in [9.17, 15) is 4.79 Å². The van der Waals surface area contributed by atoms with Gasteiger partial charge in [-0.2, -0.15) is 0 Å². The van der Waals surface area contributed by atoms with Crippen molar-refractivity contribution < 1.29 is 4.79 Å². The zero-order valence-electron chi connectivity index (χ0n) is 16.4. The first-order chi connectivity index (χ1) is 14.7. The van der Waals surface area contributed by atoms with Gasteiger partial charge in [0, 0.05) is 27.0 Å². The van der Waals surface area contributed by atoms with E-state index in [1.165, 1.54) is 26.1 Å². The van der Waals surface area contributed by atoms with Gasteiger partial charge < -0.3 is 5.32 Å². The average Bonchev–Trinajstić information content (AvgIpc) is 3.26. The number of aliphatic imine (C=N–C) groups is 1. The molecule has 0 unspecified atom stereocenters. The van der Waals surface area contributed by atoms with Gasteiger partial charge in [-0.3, -0.25) is 9.79 Å². The van der Waals surface area contributed by atoms with Crippen molar-refractivity contribution in [2.45, 2.75) is 24.8 Å². The van der Waals surface area contributed by atoms with Crippen LogP contribution in [0.15, 0.2) is 77.8 Å². The third kappa shape index (κ3) is 2.79. The van der Waals surface area contributed by atoms with Crippen LogP contribution in [-0.4, -0.2) is 12.1 Å². The van der Waals surface area contributed by atoms with E-state index in [0.717, 1.165) is 29.7 Å². The molecule has 6 rings (SSSR count). The van der Waals surface area contributed by atoms with E-state index in [1.807, 2.05) is 24.4 Å². The lowest BCUT2D eigenvalue weighted by molar-refractivity contribution is -0.118. The summed E-state index contributed by atoms with van der Waals surface area (Å²) in [6, 6.07) is 25.0. The molecule has 3 aromatic carbocycles. The van der Waals surface area contributed by atoms with Crippen molar-refractivity contribution in [3.63, 3.8) is 0 Å². The van der Waals surface area contributed by atoms with Gasteiger partial charge in [0.05, 0.1) is 12.0 Å². The van der Waals surface area contributed by atoms with Crippen LogP contribution in [0.25, 0.3) is 20.5 Å². The van der Waals surface area contributed by atoms with E-state index < -0.39 is 0 Å². The van der Waals surface area contributed by atoms with Crippen LogP contribution in [0.5, 0.6) is 0 Å². The minimum Gasteiger partial charge on any atom is -0.325 e. The standard InChI is InChI=1S/C26H20N2OS/c29-25(26(10-11-26)19-7-2-1-3-8-19)28-20-12-18-15-27-16-22(18)21(14-20)24-13-17-6-4-5-9-23(17)30-24/h1-9,12-15H,10-11,16H2,(H,28,29). The van der Waals surface area contributed by atoms with Crippen molar-refractivity contribution in [2.75, 3.05) is 5.32 Å². The van der Waals surface area contributed by atoms with Crippen molar-refractivity contribution in [2.24, 2.45) is 4.99 Å². The maximum absolute atomic E-state index is 13.2. The minimum atomic E-state index is -0.383. The highest BCUT2D eigenvalue weighted by molar-refractivity contribution is 7.22. The Hall–Kier alpha value is -3.24. The van der Waals surface area contributed by atoms with Crippen molar-refractivity contribution in [3.8, 4) is 10.4 Å². The number of carbonyl (C=O) groups is 1. The molecule has 1 N–H and O–H groups in total. The van der Waals surface area contributed by atoms with Gasteiger partial charge in [0.2, 0.25) is 5.91 Å². The Labute approximate surface area is 179 Å². The number of rotatable bonds is 4. The fourth-order valence-electron chi connectivity index (χ4n) is 4.41. The van der Waals surface area contributed by atoms with E-state index >= 15 is 0 Å². The van der Waals surface area contributed by atoms with Crippen molar-refractivity contribution in [3.05, 3.63) is 89.5 Å². The number of nitrogens with zero attached hydrogens (tertiary/aromatic N) is 1. The first kappa shape index (κ1) is 17.6. The second-order valence-corrected chi connectivity index (χ2v) is 9.20. The second kappa shape index (κ2) is 6.64. The topological polar surface area (TPSA) is 41.5 Å². The van der Waals surface area contributed by atoms with Gasteiger partial charge in [-0.05, 0) is 59.2 Å². The largest absolute Gasteiger partial charge is 0.325 e. The van der Waals surface area contributed by atoms with Crippen molar-refractivity contribution in [1.82, 2.24) is 0 Å². The van der Waals surface area contributed by atoms with Crippen LogP contribution in [0, 0.1) is 0 Å². The normalized spacial score (nSPS) is 15.9. The molecule has 1 aliphatic heterocycles. The van der Waals surface area contributed by atoms with Gasteiger partial charge in [0.1, 0.15) is 0 Å². The number of thiophene rings is 1. The maximum Gasteiger partial charge on any atom is 0.235 e. The summed E-state index contributed by atoms with van der Waals surface area (Å²) in [5, 5.41) is 4.47. The lowest BCUT2D eigenvalue weighted by atomic mass is 9.94. The number of fused-ring (bicyclic) bond motifs is 2. The Kier molecular flexibility index (Phi) is 3.90. The molecule has 30 heavy (non-hydrogen) atoms. The number of anilines is 1. The third-order valence-corrected chi connectivity index (χ3v) is 7.37. The molecule has 0 radical (unpaired) electrons. The summed E-state index contributed by atoms with van der Waals surface area (Å²) in [6.45, 7) is 0.696.